The molecule has 2 N–H and O–H groups in total. The van der Waals surface area contributed by atoms with E-state index >= 15 is 0 Å². The van der Waals surface area contributed by atoms with Gasteiger partial charge in [0.25, 0.3) is 5.91 Å². The lowest BCUT2D eigenvalue weighted by atomic mass is 10.1. The van der Waals surface area contributed by atoms with E-state index in [0.717, 1.165) is 5.56 Å². The second-order valence-corrected chi connectivity index (χ2v) is 7.60. The molecule has 2 heterocycles. The molecule has 0 spiro atoms. The van der Waals surface area contributed by atoms with Crippen molar-refractivity contribution < 1.29 is 13.6 Å². The van der Waals surface area contributed by atoms with Crippen LogP contribution >= 0.6 is 22.9 Å². The largest absolute Gasteiger partial charge is 0.321 e. The van der Waals surface area contributed by atoms with Gasteiger partial charge in [-0.3, -0.25) is 9.78 Å². The van der Waals surface area contributed by atoms with Crippen LogP contribution in [0.2, 0.25) is 5.02 Å². The fraction of sp³-hybridized carbons (Fsp3) is 0.0588. The first-order chi connectivity index (χ1) is 12.0. The monoisotopic (exact) mass is 392 g/mol. The van der Waals surface area contributed by atoms with Crippen LogP contribution in [0, 0.1) is 0 Å². The van der Waals surface area contributed by atoms with Gasteiger partial charge in [-0.15, -0.1) is 11.3 Å². The average molecular weight is 393 g/mol. The van der Waals surface area contributed by atoms with Gasteiger partial charge < -0.3 is 9.87 Å². The van der Waals surface area contributed by atoms with Gasteiger partial charge in [0.15, 0.2) is 11.1 Å². The van der Waals surface area contributed by atoms with Crippen molar-refractivity contribution in [1.82, 2.24) is 4.98 Å². The normalized spacial score (nSPS) is 11.9. The van der Waals surface area contributed by atoms with E-state index in [4.69, 9.17) is 16.2 Å². The second kappa shape index (κ2) is 7.88. The second-order valence-electron chi connectivity index (χ2n) is 5.10. The molecule has 1 aromatic carbocycles. The van der Waals surface area contributed by atoms with Crippen LogP contribution in [-0.4, -0.2) is 19.7 Å². The van der Waals surface area contributed by atoms with Gasteiger partial charge in [-0.1, -0.05) is 17.7 Å². The zero-order valence-corrected chi connectivity index (χ0v) is 15.2. The Labute approximate surface area is 156 Å². The Morgan fingerprint density at radius 2 is 2.08 bits per heavy atom. The maximum atomic E-state index is 12.4. The number of rotatable bonds is 5. The fourth-order valence-corrected chi connectivity index (χ4v) is 4.00. The summed E-state index contributed by atoms with van der Waals surface area (Å²) in [5.41, 5.74) is 2.03. The number of hydrogen-bond donors (Lipinski definition) is 2. The molecule has 3 rings (SSSR count). The molecule has 0 saturated carbocycles. The van der Waals surface area contributed by atoms with Crippen LogP contribution in [0.5, 0.6) is 0 Å². The highest BCUT2D eigenvalue weighted by Gasteiger charge is 2.12. The van der Waals surface area contributed by atoms with Crippen LogP contribution in [0.4, 0.5) is 5.69 Å². The van der Waals surface area contributed by atoms with E-state index < -0.39 is 11.1 Å². The molecule has 0 radical (unpaired) electrons. The fourth-order valence-electron chi connectivity index (χ4n) is 2.21. The lowest BCUT2D eigenvalue weighted by molar-refractivity contribution is 0.103. The number of carbonyl (C=O) groups excluding carboxylic acids is 1. The topological polar surface area (TPSA) is 79.3 Å². The average Bonchev–Trinajstić information content (AvgIpc) is 3.05. The van der Waals surface area contributed by atoms with E-state index in [2.05, 4.69) is 10.3 Å². The Balaban J connectivity index is 1.80. The summed E-state index contributed by atoms with van der Waals surface area (Å²) in [4.78, 5) is 17.8. The maximum absolute atomic E-state index is 12.4. The molecule has 8 heteroatoms. The summed E-state index contributed by atoms with van der Waals surface area (Å²) in [5.74, 6) is -0.267. The minimum atomic E-state index is -1.92. The third-order valence-corrected chi connectivity index (χ3v) is 5.47. The first-order valence-electron chi connectivity index (χ1n) is 7.21. The van der Waals surface area contributed by atoms with Crippen LogP contribution in [0.3, 0.4) is 0 Å². The predicted molar refractivity (Wildman–Crippen MR) is 101 cm³/mol. The van der Waals surface area contributed by atoms with E-state index in [-0.39, 0.29) is 11.7 Å². The van der Waals surface area contributed by atoms with Crippen molar-refractivity contribution in [2.75, 3.05) is 5.32 Å². The highest BCUT2D eigenvalue weighted by molar-refractivity contribution is 7.78. The van der Waals surface area contributed by atoms with Crippen molar-refractivity contribution in [3.05, 3.63) is 69.5 Å². The molecule has 0 fully saturated rings. The third kappa shape index (κ3) is 4.52. The van der Waals surface area contributed by atoms with Gasteiger partial charge in [-0.2, -0.15) is 0 Å². The summed E-state index contributed by atoms with van der Waals surface area (Å²) < 4.78 is 19.8. The number of anilines is 1. The van der Waals surface area contributed by atoms with Crippen molar-refractivity contribution in [3.63, 3.8) is 0 Å². The summed E-state index contributed by atoms with van der Waals surface area (Å²) >= 11 is 5.50. The number of hydrogen-bond acceptors (Lipinski definition) is 4. The first-order valence-corrected chi connectivity index (χ1v) is 9.68. The summed E-state index contributed by atoms with van der Waals surface area (Å²) in [6.07, 6.45) is 1.68. The van der Waals surface area contributed by atoms with Crippen molar-refractivity contribution in [1.29, 1.82) is 0 Å². The smallest absolute Gasteiger partial charge is 0.265 e. The molecule has 0 aliphatic rings. The Bertz CT molecular complexity index is 929. The third-order valence-electron chi connectivity index (χ3n) is 3.32. The summed E-state index contributed by atoms with van der Waals surface area (Å²) in [6.45, 7) is 0. The quantitative estimate of drug-likeness (QED) is 0.629. The number of aromatic nitrogens is 1. The number of pyridine rings is 1. The SMILES string of the molecule is O=C(Nc1ccc(Cl)c(-c2ccccn2)c1)c1ccc(CS(=O)O)s1. The molecule has 128 valence electrons. The lowest BCUT2D eigenvalue weighted by Gasteiger charge is -2.08. The Morgan fingerprint density at radius 1 is 1.24 bits per heavy atom. The number of carbonyl (C=O) groups is 1. The molecule has 1 unspecified atom stereocenters. The molecule has 1 atom stereocenters. The van der Waals surface area contributed by atoms with Crippen LogP contribution in [0.15, 0.2) is 54.7 Å². The van der Waals surface area contributed by atoms with Gasteiger partial charge in [0.2, 0.25) is 0 Å². The first kappa shape index (κ1) is 17.8. The van der Waals surface area contributed by atoms with Gasteiger partial charge in [-0.05, 0) is 42.5 Å². The summed E-state index contributed by atoms with van der Waals surface area (Å²) in [6, 6.07) is 14.0. The van der Waals surface area contributed by atoms with Crippen molar-refractivity contribution >= 4 is 45.6 Å². The summed E-state index contributed by atoms with van der Waals surface area (Å²) in [5, 5.41) is 3.35. The summed E-state index contributed by atoms with van der Waals surface area (Å²) in [7, 11) is 0. The number of amides is 1. The van der Waals surface area contributed by atoms with Gasteiger partial charge in [-0.25, -0.2) is 4.21 Å². The van der Waals surface area contributed by atoms with Gasteiger partial charge in [0.05, 0.1) is 21.3 Å². The van der Waals surface area contributed by atoms with E-state index in [1.807, 2.05) is 18.2 Å². The number of nitrogens with one attached hydrogen (secondary N) is 1. The van der Waals surface area contributed by atoms with Crippen molar-refractivity contribution in [2.24, 2.45) is 0 Å². The van der Waals surface area contributed by atoms with Crippen LogP contribution in [0.1, 0.15) is 14.5 Å². The molecular weight excluding hydrogens is 380 g/mol. The number of nitrogens with zero attached hydrogens (tertiary/aromatic N) is 1. The molecule has 0 bridgehead atoms. The van der Waals surface area contributed by atoms with E-state index in [1.54, 1.807) is 36.5 Å². The molecule has 25 heavy (non-hydrogen) atoms. The van der Waals surface area contributed by atoms with Crippen LogP contribution in [0.25, 0.3) is 11.3 Å². The standard InChI is InChI=1S/C17H13ClN2O3S2/c18-14-6-4-11(9-13(14)15-3-1-2-8-19-15)20-17(21)16-7-5-12(24-16)10-25(22)23/h1-9H,10H2,(H,20,21)(H,22,23). The van der Waals surface area contributed by atoms with Gasteiger partial charge >= 0.3 is 0 Å². The molecule has 0 aliphatic carbocycles. The zero-order chi connectivity index (χ0) is 17.8. The molecule has 2 aromatic heterocycles. The van der Waals surface area contributed by atoms with Gasteiger partial charge in [0.1, 0.15) is 0 Å². The van der Waals surface area contributed by atoms with Crippen molar-refractivity contribution in [2.45, 2.75) is 5.75 Å². The highest BCUT2D eigenvalue weighted by atomic mass is 35.5. The van der Waals surface area contributed by atoms with Crippen molar-refractivity contribution in [3.8, 4) is 11.3 Å². The van der Waals surface area contributed by atoms with E-state index in [9.17, 15) is 9.00 Å². The Morgan fingerprint density at radius 3 is 2.80 bits per heavy atom. The number of thiophene rings is 1. The molecule has 5 nitrogen and oxygen atoms in total. The molecule has 0 aliphatic heterocycles. The van der Waals surface area contributed by atoms with Gasteiger partial charge in [0, 0.05) is 22.3 Å². The number of benzene rings is 1. The van der Waals surface area contributed by atoms with Crippen LogP contribution in [-0.2, 0) is 16.8 Å². The van der Waals surface area contributed by atoms with Crippen LogP contribution < -0.4 is 5.32 Å². The highest BCUT2D eigenvalue weighted by Crippen LogP contribution is 2.29. The molecular formula is C17H13ClN2O3S2. The minimum absolute atomic E-state index is 0.0166. The maximum Gasteiger partial charge on any atom is 0.265 e. The Kier molecular flexibility index (Phi) is 5.60. The molecule has 3 aromatic rings. The lowest BCUT2D eigenvalue weighted by Crippen LogP contribution is -2.10. The molecule has 0 saturated heterocycles. The predicted octanol–water partition coefficient (Wildman–Crippen LogP) is 4.44. The van der Waals surface area contributed by atoms with E-state index in [1.165, 1.54) is 11.3 Å². The Hall–Kier alpha value is -2.06. The van der Waals surface area contributed by atoms with E-state index in [0.29, 0.717) is 26.2 Å². The zero-order valence-electron chi connectivity index (χ0n) is 12.8. The molecule has 1 amide bonds. The number of halogens is 1. The minimum Gasteiger partial charge on any atom is -0.321 e.